The Balaban J connectivity index is 1.77. The molecule has 1 amide bonds. The lowest BCUT2D eigenvalue weighted by Crippen LogP contribution is -2.54. The molecule has 0 saturated carbocycles. The Hall–Kier alpha value is -2.14. The van der Waals surface area contributed by atoms with Gasteiger partial charge in [0.25, 0.3) is 5.91 Å². The average molecular weight is 340 g/mol. The molecule has 0 bridgehead atoms. The molecule has 1 atom stereocenters. The fraction of sp³-hybridized carbons (Fsp3) is 0.500. The summed E-state index contributed by atoms with van der Waals surface area (Å²) in [6, 6.07) is 10.1. The van der Waals surface area contributed by atoms with Crippen molar-refractivity contribution in [3.63, 3.8) is 0 Å². The van der Waals surface area contributed by atoms with Crippen LogP contribution in [0.5, 0.6) is 0 Å². The van der Waals surface area contributed by atoms with E-state index in [1.807, 2.05) is 47.7 Å². The lowest BCUT2D eigenvalue weighted by Gasteiger charge is -2.42. The Labute approximate surface area is 149 Å². The largest absolute Gasteiger partial charge is 0.338 e. The number of rotatable bonds is 3. The van der Waals surface area contributed by atoms with E-state index in [1.165, 1.54) is 0 Å². The van der Waals surface area contributed by atoms with Crippen LogP contribution in [0, 0.1) is 19.3 Å². The van der Waals surface area contributed by atoms with Crippen LogP contribution in [0.2, 0.25) is 0 Å². The van der Waals surface area contributed by atoms with Crippen molar-refractivity contribution in [1.82, 2.24) is 14.7 Å². The van der Waals surface area contributed by atoms with Crippen LogP contribution in [0.4, 0.5) is 0 Å². The second kappa shape index (κ2) is 6.64. The Kier molecular flexibility index (Phi) is 4.69. The van der Waals surface area contributed by atoms with Crippen LogP contribution in [0.25, 0.3) is 0 Å². The van der Waals surface area contributed by atoms with Gasteiger partial charge in [-0.05, 0) is 49.4 Å². The summed E-state index contributed by atoms with van der Waals surface area (Å²) in [6.07, 6.45) is 0.851. The van der Waals surface area contributed by atoms with Crippen molar-refractivity contribution >= 4 is 5.91 Å². The molecule has 1 aromatic heterocycles. The molecule has 3 rings (SSSR count). The molecule has 5 heteroatoms. The summed E-state index contributed by atoms with van der Waals surface area (Å²) >= 11 is 0. The topological polar surface area (TPSA) is 64.2 Å². The van der Waals surface area contributed by atoms with Gasteiger partial charge in [-0.2, -0.15) is 5.10 Å². The molecule has 1 aliphatic rings. The summed E-state index contributed by atoms with van der Waals surface area (Å²) in [5.74, 6) is 0.0928. The predicted octanol–water partition coefficient (Wildman–Crippen LogP) is 2.75. The smallest absolute Gasteiger partial charge is 0.253 e. The number of carbonyl (C=O) groups excluding carboxylic acids is 1. The monoisotopic (exact) mass is 340 g/mol. The molecule has 0 aliphatic carbocycles. The number of hydrogen-bond donors (Lipinski definition) is 1. The van der Waals surface area contributed by atoms with E-state index in [2.05, 4.69) is 25.0 Å². The number of nitrogens with zero attached hydrogens (tertiary/aromatic N) is 3. The van der Waals surface area contributed by atoms with Gasteiger partial charge in [0.05, 0.1) is 12.2 Å². The van der Waals surface area contributed by atoms with E-state index in [0.29, 0.717) is 13.1 Å². The van der Waals surface area contributed by atoms with Gasteiger partial charge in [-0.25, -0.2) is 0 Å². The van der Waals surface area contributed by atoms with Gasteiger partial charge >= 0.3 is 0 Å². The summed E-state index contributed by atoms with van der Waals surface area (Å²) in [4.78, 5) is 14.9. The van der Waals surface area contributed by atoms with Crippen molar-refractivity contribution in [2.75, 3.05) is 13.1 Å². The van der Waals surface area contributed by atoms with Gasteiger partial charge in [0.15, 0.2) is 0 Å². The number of nitrogens with two attached hydrogens (primary N) is 1. The van der Waals surface area contributed by atoms with Crippen LogP contribution in [-0.4, -0.2) is 39.7 Å². The van der Waals surface area contributed by atoms with Crippen molar-refractivity contribution in [2.24, 2.45) is 11.1 Å². The maximum Gasteiger partial charge on any atom is 0.253 e. The fourth-order valence-corrected chi connectivity index (χ4v) is 3.54. The van der Waals surface area contributed by atoms with E-state index in [0.717, 1.165) is 35.5 Å². The van der Waals surface area contributed by atoms with E-state index in [4.69, 9.17) is 5.73 Å². The quantitative estimate of drug-likeness (QED) is 0.934. The third-order valence-corrected chi connectivity index (χ3v) is 5.21. The molecule has 2 N–H and O–H groups in total. The Morgan fingerprint density at radius 1 is 1.32 bits per heavy atom. The molecule has 0 radical (unpaired) electrons. The van der Waals surface area contributed by atoms with E-state index in [-0.39, 0.29) is 17.4 Å². The minimum atomic E-state index is -0.0464. The molecule has 1 aliphatic heterocycles. The molecule has 1 unspecified atom stereocenters. The Morgan fingerprint density at radius 3 is 2.72 bits per heavy atom. The highest BCUT2D eigenvalue weighted by Gasteiger charge is 2.35. The zero-order valence-electron chi connectivity index (χ0n) is 15.6. The summed E-state index contributed by atoms with van der Waals surface area (Å²) in [6.45, 7) is 10.4. The molecule has 2 aromatic rings. The van der Waals surface area contributed by atoms with Crippen LogP contribution in [0.3, 0.4) is 0 Å². The number of aromatic nitrogens is 2. The minimum Gasteiger partial charge on any atom is -0.338 e. The van der Waals surface area contributed by atoms with E-state index in [9.17, 15) is 4.79 Å². The highest BCUT2D eigenvalue weighted by Crippen LogP contribution is 2.28. The van der Waals surface area contributed by atoms with Crippen molar-refractivity contribution in [1.29, 1.82) is 0 Å². The number of carbonyl (C=O) groups is 1. The van der Waals surface area contributed by atoms with Crippen molar-refractivity contribution in [3.8, 4) is 0 Å². The predicted molar refractivity (Wildman–Crippen MR) is 99.5 cm³/mol. The minimum absolute atomic E-state index is 0.0464. The zero-order chi connectivity index (χ0) is 18.2. The van der Waals surface area contributed by atoms with Gasteiger partial charge < -0.3 is 10.6 Å². The summed E-state index contributed by atoms with van der Waals surface area (Å²) < 4.78 is 1.97. The third-order valence-electron chi connectivity index (χ3n) is 5.21. The number of hydrogen-bond acceptors (Lipinski definition) is 3. The molecule has 0 spiro atoms. The van der Waals surface area contributed by atoms with Crippen molar-refractivity contribution < 1.29 is 4.79 Å². The fourth-order valence-electron chi connectivity index (χ4n) is 3.54. The standard InChI is InChI=1S/C20H28N4O/c1-14-10-15(2)24(22-14)12-16-6-5-7-17(11-16)19(25)23-9-8-18(21)20(3,4)13-23/h5-7,10-11,18H,8-9,12-13,21H2,1-4H3. The number of aryl methyl sites for hydroxylation is 2. The zero-order valence-corrected chi connectivity index (χ0v) is 15.6. The normalized spacial score (nSPS) is 19.9. The summed E-state index contributed by atoms with van der Waals surface area (Å²) in [7, 11) is 0. The number of piperidine rings is 1. The van der Waals surface area contributed by atoms with E-state index < -0.39 is 0 Å². The van der Waals surface area contributed by atoms with Gasteiger partial charge in [0, 0.05) is 30.4 Å². The highest BCUT2D eigenvalue weighted by molar-refractivity contribution is 5.94. The number of amides is 1. The van der Waals surface area contributed by atoms with Gasteiger partial charge in [0.1, 0.15) is 0 Å². The average Bonchev–Trinajstić information content (AvgIpc) is 2.87. The van der Waals surface area contributed by atoms with E-state index >= 15 is 0 Å². The second-order valence-corrected chi connectivity index (χ2v) is 7.90. The maximum absolute atomic E-state index is 12.9. The van der Waals surface area contributed by atoms with Crippen LogP contribution >= 0.6 is 0 Å². The van der Waals surface area contributed by atoms with Gasteiger partial charge in [-0.15, -0.1) is 0 Å². The van der Waals surface area contributed by atoms with Crippen LogP contribution < -0.4 is 5.73 Å². The summed E-state index contributed by atoms with van der Waals surface area (Å²) in [5.41, 5.74) is 10.1. The first-order valence-electron chi connectivity index (χ1n) is 8.91. The van der Waals surface area contributed by atoms with Crippen molar-refractivity contribution in [2.45, 2.75) is 46.7 Å². The first kappa shape index (κ1) is 17.7. The molecule has 5 nitrogen and oxygen atoms in total. The number of likely N-dealkylation sites (tertiary alicyclic amines) is 1. The molecule has 1 fully saturated rings. The first-order valence-corrected chi connectivity index (χ1v) is 8.91. The Bertz CT molecular complexity index is 778. The molecular weight excluding hydrogens is 312 g/mol. The van der Waals surface area contributed by atoms with Crippen LogP contribution in [-0.2, 0) is 6.54 Å². The lowest BCUT2D eigenvalue weighted by atomic mass is 9.79. The molecule has 1 aromatic carbocycles. The first-order chi connectivity index (χ1) is 11.8. The summed E-state index contributed by atoms with van der Waals surface area (Å²) in [5, 5.41) is 4.50. The van der Waals surface area contributed by atoms with E-state index in [1.54, 1.807) is 0 Å². The molecule has 134 valence electrons. The SMILES string of the molecule is Cc1cc(C)n(Cc2cccc(C(=O)N3CCC(N)C(C)(C)C3)c2)n1. The highest BCUT2D eigenvalue weighted by atomic mass is 16.2. The van der Waals surface area contributed by atoms with Crippen LogP contribution in [0.15, 0.2) is 30.3 Å². The maximum atomic E-state index is 12.9. The van der Waals surface area contributed by atoms with Crippen molar-refractivity contribution in [3.05, 3.63) is 52.8 Å². The van der Waals surface area contributed by atoms with Crippen LogP contribution in [0.1, 0.15) is 47.6 Å². The second-order valence-electron chi connectivity index (χ2n) is 7.90. The molecule has 2 heterocycles. The third kappa shape index (κ3) is 3.76. The Morgan fingerprint density at radius 2 is 2.08 bits per heavy atom. The number of benzene rings is 1. The van der Waals surface area contributed by atoms with Gasteiger partial charge in [-0.1, -0.05) is 26.0 Å². The van der Waals surface area contributed by atoms with Gasteiger partial charge in [-0.3, -0.25) is 9.48 Å². The molecule has 1 saturated heterocycles. The van der Waals surface area contributed by atoms with Gasteiger partial charge in [0.2, 0.25) is 0 Å². The lowest BCUT2D eigenvalue weighted by molar-refractivity contribution is 0.0533. The molecule has 25 heavy (non-hydrogen) atoms. The molecular formula is C20H28N4O.